The third kappa shape index (κ3) is 2.29. The zero-order chi connectivity index (χ0) is 15.1. The highest BCUT2D eigenvalue weighted by Crippen LogP contribution is 2.24. The molecule has 1 aromatic carbocycles. The van der Waals surface area contributed by atoms with Gasteiger partial charge in [-0.25, -0.2) is 14.5 Å². The van der Waals surface area contributed by atoms with Crippen molar-refractivity contribution in [3.05, 3.63) is 47.9 Å². The van der Waals surface area contributed by atoms with Gasteiger partial charge in [-0.05, 0) is 43.8 Å². The third-order valence-corrected chi connectivity index (χ3v) is 3.98. The van der Waals surface area contributed by atoms with Gasteiger partial charge in [0.05, 0.1) is 17.2 Å². The van der Waals surface area contributed by atoms with Crippen molar-refractivity contribution < 1.29 is 0 Å². The van der Waals surface area contributed by atoms with Crippen molar-refractivity contribution in [2.24, 2.45) is 0 Å². The second-order valence-corrected chi connectivity index (χ2v) is 5.93. The SMILES string of the molecule is Cc1cc(C)n2nc(Sc3cnc4ccccc4n3)nc2n1. The Morgan fingerprint density at radius 1 is 1.00 bits per heavy atom. The van der Waals surface area contributed by atoms with Crippen molar-refractivity contribution in [1.82, 2.24) is 29.5 Å². The molecule has 0 aliphatic carbocycles. The standard InChI is InChI=1S/C15H12N6S/c1-9-7-10(2)21-14(17-9)19-15(20-21)22-13-8-16-11-5-3-4-6-12(11)18-13/h3-8H,1-2H3. The van der Waals surface area contributed by atoms with Gasteiger partial charge in [-0.15, -0.1) is 5.10 Å². The molecule has 4 aromatic rings. The molecule has 3 aromatic heterocycles. The van der Waals surface area contributed by atoms with Crippen molar-refractivity contribution in [3.63, 3.8) is 0 Å². The molecule has 3 heterocycles. The lowest BCUT2D eigenvalue weighted by molar-refractivity contribution is 0.842. The summed E-state index contributed by atoms with van der Waals surface area (Å²) in [5.41, 5.74) is 3.68. The Morgan fingerprint density at radius 3 is 2.68 bits per heavy atom. The second-order valence-electron chi connectivity index (χ2n) is 4.94. The molecular weight excluding hydrogens is 296 g/mol. The highest BCUT2D eigenvalue weighted by molar-refractivity contribution is 7.99. The van der Waals surface area contributed by atoms with E-state index in [1.165, 1.54) is 11.8 Å². The minimum absolute atomic E-state index is 0.605. The van der Waals surface area contributed by atoms with Crippen LogP contribution in [0.4, 0.5) is 0 Å². The molecule has 0 N–H and O–H groups in total. The lowest BCUT2D eigenvalue weighted by Crippen LogP contribution is -1.97. The maximum absolute atomic E-state index is 4.57. The number of nitrogens with zero attached hydrogens (tertiary/aromatic N) is 6. The van der Waals surface area contributed by atoms with Gasteiger partial charge in [0.2, 0.25) is 5.16 Å². The van der Waals surface area contributed by atoms with Crippen molar-refractivity contribution in [1.29, 1.82) is 0 Å². The molecule has 0 aliphatic heterocycles. The molecule has 0 atom stereocenters. The lowest BCUT2D eigenvalue weighted by atomic mass is 10.3. The van der Waals surface area contributed by atoms with E-state index in [-0.39, 0.29) is 0 Å². The third-order valence-electron chi connectivity index (χ3n) is 3.22. The Labute approximate surface area is 130 Å². The van der Waals surface area contributed by atoms with Crippen LogP contribution in [0.5, 0.6) is 0 Å². The first-order chi connectivity index (χ1) is 10.7. The molecular formula is C15H12N6S. The van der Waals surface area contributed by atoms with Gasteiger partial charge in [0, 0.05) is 11.4 Å². The molecule has 7 heteroatoms. The minimum atomic E-state index is 0.605. The topological polar surface area (TPSA) is 68.9 Å². The van der Waals surface area contributed by atoms with Crippen molar-refractivity contribution in [2.75, 3.05) is 0 Å². The van der Waals surface area contributed by atoms with E-state index in [1.54, 1.807) is 10.7 Å². The molecule has 0 unspecified atom stereocenters. The van der Waals surface area contributed by atoms with Crippen LogP contribution in [0, 0.1) is 13.8 Å². The maximum atomic E-state index is 4.57. The molecule has 4 rings (SSSR count). The molecule has 0 aliphatic rings. The van der Waals surface area contributed by atoms with E-state index in [0.29, 0.717) is 10.9 Å². The Kier molecular flexibility index (Phi) is 3.00. The molecule has 0 fully saturated rings. The van der Waals surface area contributed by atoms with E-state index in [1.807, 2.05) is 44.2 Å². The summed E-state index contributed by atoms with van der Waals surface area (Å²) in [6.07, 6.45) is 1.74. The van der Waals surface area contributed by atoms with Gasteiger partial charge < -0.3 is 0 Å². The minimum Gasteiger partial charge on any atom is -0.252 e. The van der Waals surface area contributed by atoms with Crippen LogP contribution in [0.25, 0.3) is 16.8 Å². The quantitative estimate of drug-likeness (QED) is 0.567. The summed E-state index contributed by atoms with van der Waals surface area (Å²) >= 11 is 1.39. The summed E-state index contributed by atoms with van der Waals surface area (Å²) in [6, 6.07) is 9.76. The molecule has 0 saturated heterocycles. The van der Waals surface area contributed by atoms with Gasteiger partial charge in [-0.3, -0.25) is 4.98 Å². The number of hydrogen-bond acceptors (Lipinski definition) is 6. The van der Waals surface area contributed by atoms with Gasteiger partial charge in [0.25, 0.3) is 5.78 Å². The molecule has 22 heavy (non-hydrogen) atoms. The number of hydrogen-bond donors (Lipinski definition) is 0. The number of aromatic nitrogens is 6. The molecule has 0 radical (unpaired) electrons. The summed E-state index contributed by atoms with van der Waals surface area (Å²) in [7, 11) is 0. The predicted molar refractivity (Wildman–Crippen MR) is 83.9 cm³/mol. The molecule has 0 amide bonds. The number of aryl methyl sites for hydroxylation is 2. The average Bonchev–Trinajstić information content (AvgIpc) is 2.90. The molecule has 108 valence electrons. The summed E-state index contributed by atoms with van der Waals surface area (Å²) in [6.45, 7) is 3.93. The summed E-state index contributed by atoms with van der Waals surface area (Å²) in [5, 5.41) is 5.85. The first-order valence-corrected chi connectivity index (χ1v) is 7.61. The van der Waals surface area contributed by atoms with Crippen molar-refractivity contribution in [3.8, 4) is 0 Å². The highest BCUT2D eigenvalue weighted by atomic mass is 32.2. The van der Waals surface area contributed by atoms with Crippen molar-refractivity contribution >= 4 is 28.6 Å². The van der Waals surface area contributed by atoms with Crippen LogP contribution in [0.15, 0.2) is 46.7 Å². The second kappa shape index (κ2) is 5.03. The van der Waals surface area contributed by atoms with E-state index in [2.05, 4.69) is 25.0 Å². The predicted octanol–water partition coefficient (Wildman–Crippen LogP) is 2.84. The van der Waals surface area contributed by atoms with E-state index in [4.69, 9.17) is 0 Å². The molecule has 0 saturated carbocycles. The van der Waals surface area contributed by atoms with Crippen LogP contribution in [0.1, 0.15) is 11.4 Å². The van der Waals surface area contributed by atoms with Crippen LogP contribution in [0.3, 0.4) is 0 Å². The average molecular weight is 308 g/mol. The number of rotatable bonds is 2. The smallest absolute Gasteiger partial charge is 0.252 e. The number of fused-ring (bicyclic) bond motifs is 2. The fraction of sp³-hybridized carbons (Fsp3) is 0.133. The Balaban J connectivity index is 1.74. The summed E-state index contributed by atoms with van der Waals surface area (Å²) < 4.78 is 1.74. The number of benzene rings is 1. The van der Waals surface area contributed by atoms with Gasteiger partial charge in [-0.1, -0.05) is 12.1 Å². The normalized spacial score (nSPS) is 11.4. The first kappa shape index (κ1) is 13.1. The Hall–Kier alpha value is -2.54. The van der Waals surface area contributed by atoms with E-state index < -0.39 is 0 Å². The molecule has 6 nitrogen and oxygen atoms in total. The van der Waals surface area contributed by atoms with E-state index >= 15 is 0 Å². The lowest BCUT2D eigenvalue weighted by Gasteiger charge is -1.99. The Bertz CT molecular complexity index is 994. The van der Waals surface area contributed by atoms with Crippen LogP contribution >= 0.6 is 11.8 Å². The molecule has 0 bridgehead atoms. The Morgan fingerprint density at radius 2 is 1.82 bits per heavy atom. The van der Waals surface area contributed by atoms with Gasteiger partial charge in [0.1, 0.15) is 5.03 Å². The summed E-state index contributed by atoms with van der Waals surface area (Å²) in [4.78, 5) is 17.8. The first-order valence-electron chi connectivity index (χ1n) is 6.80. The molecule has 0 spiro atoms. The van der Waals surface area contributed by atoms with Gasteiger partial charge in [0.15, 0.2) is 0 Å². The van der Waals surface area contributed by atoms with Gasteiger partial charge >= 0.3 is 0 Å². The van der Waals surface area contributed by atoms with E-state index in [9.17, 15) is 0 Å². The highest BCUT2D eigenvalue weighted by Gasteiger charge is 2.10. The van der Waals surface area contributed by atoms with Crippen LogP contribution < -0.4 is 0 Å². The van der Waals surface area contributed by atoms with E-state index in [0.717, 1.165) is 27.4 Å². The van der Waals surface area contributed by atoms with Gasteiger partial charge in [-0.2, -0.15) is 4.98 Å². The fourth-order valence-electron chi connectivity index (χ4n) is 2.27. The summed E-state index contributed by atoms with van der Waals surface area (Å²) in [5.74, 6) is 0.605. The van der Waals surface area contributed by atoms with Crippen LogP contribution in [-0.4, -0.2) is 29.5 Å². The monoisotopic (exact) mass is 308 g/mol. The zero-order valence-electron chi connectivity index (χ0n) is 12.1. The fourth-order valence-corrected chi connectivity index (χ4v) is 2.96. The van der Waals surface area contributed by atoms with Crippen LogP contribution in [-0.2, 0) is 0 Å². The zero-order valence-corrected chi connectivity index (χ0v) is 12.9. The van der Waals surface area contributed by atoms with Crippen molar-refractivity contribution in [2.45, 2.75) is 24.0 Å². The van der Waals surface area contributed by atoms with Crippen LogP contribution in [0.2, 0.25) is 0 Å². The number of para-hydroxylation sites is 2. The largest absolute Gasteiger partial charge is 0.253 e. The maximum Gasteiger partial charge on any atom is 0.253 e.